The molecule has 3 nitrogen and oxygen atoms in total. The zero-order valence-corrected chi connectivity index (χ0v) is 17.7. The minimum atomic E-state index is 0.799. The van der Waals surface area contributed by atoms with Crippen molar-refractivity contribution in [3.63, 3.8) is 0 Å². The van der Waals surface area contributed by atoms with Gasteiger partial charge in [0.1, 0.15) is 11.5 Å². The molecule has 148 valence electrons. The number of aryl methyl sites for hydroxylation is 2. The Balaban J connectivity index is 1.87. The van der Waals surface area contributed by atoms with Gasteiger partial charge in [0, 0.05) is 37.4 Å². The average Bonchev–Trinajstić information content (AvgIpc) is 2.76. The van der Waals surface area contributed by atoms with Crippen LogP contribution in [0.25, 0.3) is 38.0 Å². The first-order chi connectivity index (χ1) is 14.6. The lowest BCUT2D eigenvalue weighted by Crippen LogP contribution is -2.38. The van der Waals surface area contributed by atoms with Crippen LogP contribution in [0.4, 0.5) is 0 Å². The zero-order valence-electron chi connectivity index (χ0n) is 17.7. The van der Waals surface area contributed by atoms with E-state index in [4.69, 9.17) is 9.47 Å². The van der Waals surface area contributed by atoms with E-state index >= 15 is 0 Å². The lowest BCUT2D eigenvalue weighted by Gasteiger charge is -2.13. The Bertz CT molecular complexity index is 1440. The third kappa shape index (κ3) is 2.78. The highest BCUT2D eigenvalue weighted by atomic mass is 16.5. The normalized spacial score (nSPS) is 11.3. The van der Waals surface area contributed by atoms with E-state index in [9.17, 15) is 0 Å². The van der Waals surface area contributed by atoms with E-state index in [2.05, 4.69) is 85.1 Å². The first-order valence-electron chi connectivity index (χ1n) is 10.1. The van der Waals surface area contributed by atoms with Gasteiger partial charge in [-0.2, -0.15) is 4.57 Å². The summed E-state index contributed by atoms with van der Waals surface area (Å²) in [5.41, 5.74) is 3.48. The van der Waals surface area contributed by atoms with E-state index < -0.39 is 0 Å². The van der Waals surface area contributed by atoms with Gasteiger partial charge in [0.15, 0.2) is 11.4 Å². The van der Waals surface area contributed by atoms with Crippen molar-refractivity contribution in [2.75, 3.05) is 14.2 Å². The maximum absolute atomic E-state index is 5.73. The van der Waals surface area contributed by atoms with Gasteiger partial charge in [0.05, 0.1) is 25.0 Å². The molecule has 0 saturated carbocycles. The third-order valence-electron chi connectivity index (χ3n) is 5.94. The van der Waals surface area contributed by atoms with Crippen molar-refractivity contribution in [2.24, 2.45) is 0 Å². The molecule has 4 aromatic carbocycles. The monoisotopic (exact) mass is 394 g/mol. The van der Waals surface area contributed by atoms with Crippen molar-refractivity contribution in [1.29, 1.82) is 0 Å². The highest BCUT2D eigenvalue weighted by Crippen LogP contribution is 2.34. The second-order valence-electron chi connectivity index (χ2n) is 7.70. The van der Waals surface area contributed by atoms with Gasteiger partial charge < -0.3 is 9.47 Å². The summed E-state index contributed by atoms with van der Waals surface area (Å²) in [6.45, 7) is 4.31. The van der Waals surface area contributed by atoms with E-state index in [0.717, 1.165) is 33.7 Å². The van der Waals surface area contributed by atoms with Crippen LogP contribution >= 0.6 is 0 Å². The van der Waals surface area contributed by atoms with Crippen LogP contribution in [0.5, 0.6) is 11.5 Å². The molecular formula is C27H24NO2+. The van der Waals surface area contributed by atoms with Crippen molar-refractivity contribution in [3.05, 3.63) is 84.2 Å². The van der Waals surface area contributed by atoms with Crippen LogP contribution in [-0.4, -0.2) is 14.2 Å². The Morgan fingerprint density at radius 1 is 0.667 bits per heavy atom. The minimum absolute atomic E-state index is 0.799. The molecule has 5 rings (SSSR count). The second kappa shape index (κ2) is 7.03. The van der Waals surface area contributed by atoms with Crippen LogP contribution in [0, 0.1) is 13.8 Å². The summed E-state index contributed by atoms with van der Waals surface area (Å²) < 4.78 is 13.5. The molecule has 0 atom stereocenters. The maximum atomic E-state index is 5.73. The average molecular weight is 394 g/mol. The quantitative estimate of drug-likeness (QED) is 0.274. The summed E-state index contributed by atoms with van der Waals surface area (Å²) in [7, 11) is 3.39. The predicted molar refractivity (Wildman–Crippen MR) is 123 cm³/mol. The standard InChI is InChI=1S/C27H24NO2/c1-17-12-22-14-23(29-3)16-26(30-4)27(22)18(2)28(17)25-11-7-10-21-13-19-8-5-6-9-20(19)15-24(21)25/h5-16H,1-4H3/q+1. The molecule has 5 aromatic rings. The number of ether oxygens (including phenoxy) is 2. The molecule has 0 amide bonds. The van der Waals surface area contributed by atoms with E-state index in [1.54, 1.807) is 14.2 Å². The summed E-state index contributed by atoms with van der Waals surface area (Å²) in [6, 6.07) is 25.8. The van der Waals surface area contributed by atoms with Gasteiger partial charge >= 0.3 is 0 Å². The van der Waals surface area contributed by atoms with Gasteiger partial charge in [-0.3, -0.25) is 0 Å². The Labute approximate surface area is 176 Å². The van der Waals surface area contributed by atoms with Crippen molar-refractivity contribution in [3.8, 4) is 17.2 Å². The first kappa shape index (κ1) is 18.4. The number of benzene rings is 4. The van der Waals surface area contributed by atoms with Crippen molar-refractivity contribution >= 4 is 32.3 Å². The molecular weight excluding hydrogens is 370 g/mol. The van der Waals surface area contributed by atoms with E-state index in [1.165, 1.54) is 27.2 Å². The number of aromatic nitrogens is 1. The van der Waals surface area contributed by atoms with Gasteiger partial charge in [-0.1, -0.05) is 36.4 Å². The van der Waals surface area contributed by atoms with Crippen LogP contribution in [0.1, 0.15) is 11.4 Å². The molecule has 0 N–H and O–H groups in total. The van der Waals surface area contributed by atoms with Crippen molar-refractivity contribution in [1.82, 2.24) is 0 Å². The van der Waals surface area contributed by atoms with Crippen LogP contribution in [0.2, 0.25) is 0 Å². The number of pyridine rings is 1. The van der Waals surface area contributed by atoms with E-state index in [-0.39, 0.29) is 0 Å². The van der Waals surface area contributed by atoms with Crippen LogP contribution in [0.15, 0.2) is 72.8 Å². The first-order valence-corrected chi connectivity index (χ1v) is 10.1. The fourth-order valence-electron chi connectivity index (χ4n) is 4.57. The molecule has 1 aromatic heterocycles. The predicted octanol–water partition coefficient (Wildman–Crippen LogP) is 6.06. The minimum Gasteiger partial charge on any atom is -0.497 e. The fraction of sp³-hybridized carbons (Fsp3) is 0.148. The number of nitrogens with zero attached hydrogens (tertiary/aromatic N) is 1. The summed E-state index contributed by atoms with van der Waals surface area (Å²) in [4.78, 5) is 0. The molecule has 30 heavy (non-hydrogen) atoms. The molecule has 0 aliphatic heterocycles. The fourth-order valence-corrected chi connectivity index (χ4v) is 4.57. The molecule has 0 fully saturated rings. The third-order valence-corrected chi connectivity index (χ3v) is 5.94. The number of fused-ring (bicyclic) bond motifs is 3. The van der Waals surface area contributed by atoms with Gasteiger partial charge in [0.25, 0.3) is 0 Å². The molecule has 0 unspecified atom stereocenters. The van der Waals surface area contributed by atoms with Gasteiger partial charge in [0.2, 0.25) is 5.69 Å². The van der Waals surface area contributed by atoms with Gasteiger partial charge in [-0.15, -0.1) is 0 Å². The Hall–Kier alpha value is -3.59. The number of rotatable bonds is 3. The van der Waals surface area contributed by atoms with Gasteiger partial charge in [-0.05, 0) is 34.4 Å². The Morgan fingerprint density at radius 3 is 2.13 bits per heavy atom. The maximum Gasteiger partial charge on any atom is 0.218 e. The Kier molecular flexibility index (Phi) is 4.32. The molecule has 1 heterocycles. The van der Waals surface area contributed by atoms with Gasteiger partial charge in [-0.25, -0.2) is 0 Å². The number of hydrogen-bond acceptors (Lipinski definition) is 2. The van der Waals surface area contributed by atoms with Crippen LogP contribution < -0.4 is 14.0 Å². The van der Waals surface area contributed by atoms with Crippen LogP contribution in [-0.2, 0) is 0 Å². The summed E-state index contributed by atoms with van der Waals surface area (Å²) >= 11 is 0. The molecule has 0 saturated heterocycles. The van der Waals surface area contributed by atoms with E-state index in [1.807, 2.05) is 6.07 Å². The molecule has 3 heteroatoms. The molecule has 0 bridgehead atoms. The summed E-state index contributed by atoms with van der Waals surface area (Å²) in [5.74, 6) is 1.62. The lowest BCUT2D eigenvalue weighted by molar-refractivity contribution is -0.606. The highest BCUT2D eigenvalue weighted by molar-refractivity contribution is 6.01. The summed E-state index contributed by atoms with van der Waals surface area (Å²) in [5, 5.41) is 7.19. The summed E-state index contributed by atoms with van der Waals surface area (Å²) in [6.07, 6.45) is 0. The van der Waals surface area contributed by atoms with E-state index in [0.29, 0.717) is 0 Å². The molecule has 0 radical (unpaired) electrons. The Morgan fingerprint density at radius 2 is 1.40 bits per heavy atom. The smallest absolute Gasteiger partial charge is 0.218 e. The zero-order chi connectivity index (χ0) is 20.8. The largest absolute Gasteiger partial charge is 0.497 e. The van der Waals surface area contributed by atoms with Crippen LogP contribution in [0.3, 0.4) is 0 Å². The molecule has 0 aliphatic rings. The second-order valence-corrected chi connectivity index (χ2v) is 7.70. The number of methoxy groups -OCH3 is 2. The lowest BCUT2D eigenvalue weighted by atomic mass is 10.0. The molecule has 0 spiro atoms. The van der Waals surface area contributed by atoms with Crippen molar-refractivity contribution < 1.29 is 14.0 Å². The molecule has 0 aliphatic carbocycles. The van der Waals surface area contributed by atoms with Crippen molar-refractivity contribution in [2.45, 2.75) is 13.8 Å². The topological polar surface area (TPSA) is 22.3 Å². The number of hydrogen-bond donors (Lipinski definition) is 0. The SMILES string of the molecule is COc1cc(OC)c2c(C)[n+](-c3cccc4cc5ccccc5cc34)c(C)cc2c1. The highest BCUT2D eigenvalue weighted by Gasteiger charge is 2.23.